The van der Waals surface area contributed by atoms with Crippen molar-refractivity contribution < 1.29 is 13.9 Å². The van der Waals surface area contributed by atoms with Gasteiger partial charge in [0.15, 0.2) is 0 Å². The van der Waals surface area contributed by atoms with Gasteiger partial charge in [-0.3, -0.25) is 0 Å². The largest absolute Gasteiger partial charge is 0.456 e. The van der Waals surface area contributed by atoms with Crippen LogP contribution in [0.15, 0.2) is 57.3 Å². The van der Waals surface area contributed by atoms with Crippen LogP contribution in [-0.2, 0) is 11.3 Å². The molecule has 0 bridgehead atoms. The quantitative estimate of drug-likeness (QED) is 0.489. The van der Waals surface area contributed by atoms with E-state index in [1.807, 2.05) is 22.2 Å². The van der Waals surface area contributed by atoms with Gasteiger partial charge in [-0.15, -0.1) is 21.5 Å². The molecule has 0 aliphatic carbocycles. The summed E-state index contributed by atoms with van der Waals surface area (Å²) in [6.07, 6.45) is 1.26. The number of aromatic nitrogens is 3. The first-order chi connectivity index (χ1) is 12.3. The number of esters is 1. The third kappa shape index (κ3) is 3.49. The summed E-state index contributed by atoms with van der Waals surface area (Å²) in [6.45, 7) is 0.144. The highest BCUT2D eigenvalue weighted by molar-refractivity contribution is 7.14. The third-order valence-electron chi connectivity index (χ3n) is 3.40. The molecule has 3 aromatic heterocycles. The van der Waals surface area contributed by atoms with Gasteiger partial charge in [0.2, 0.25) is 12.3 Å². The van der Waals surface area contributed by atoms with Gasteiger partial charge >= 0.3 is 5.97 Å². The third-order valence-corrected chi connectivity index (χ3v) is 5.02. The van der Waals surface area contributed by atoms with E-state index >= 15 is 0 Å². The number of carbonyl (C=O) groups excluding carboxylic acids is 1. The SMILES string of the molecule is O=C(OCc1csc(-c2ccsc2)n1)c1ccc(-c2nnco2)cc1. The molecule has 0 aliphatic rings. The van der Waals surface area contributed by atoms with E-state index in [0.717, 1.165) is 21.8 Å². The first kappa shape index (κ1) is 15.7. The van der Waals surface area contributed by atoms with Crippen molar-refractivity contribution in [2.24, 2.45) is 0 Å². The molecule has 0 saturated carbocycles. The Balaban J connectivity index is 1.39. The van der Waals surface area contributed by atoms with Gasteiger partial charge in [-0.25, -0.2) is 9.78 Å². The highest BCUT2D eigenvalue weighted by atomic mass is 32.1. The second-order valence-corrected chi connectivity index (χ2v) is 6.69. The fourth-order valence-electron chi connectivity index (χ4n) is 2.16. The number of carbonyl (C=O) groups is 1. The molecule has 0 saturated heterocycles. The van der Waals surface area contributed by atoms with Gasteiger partial charge in [0, 0.05) is 21.9 Å². The molecule has 124 valence electrons. The highest BCUT2D eigenvalue weighted by Gasteiger charge is 2.11. The Kier molecular flexibility index (Phi) is 4.36. The van der Waals surface area contributed by atoms with E-state index in [0.29, 0.717) is 11.5 Å². The fourth-order valence-corrected chi connectivity index (χ4v) is 3.68. The van der Waals surface area contributed by atoms with Crippen LogP contribution in [-0.4, -0.2) is 21.2 Å². The number of thiophene rings is 1. The maximum Gasteiger partial charge on any atom is 0.338 e. The minimum atomic E-state index is -0.401. The molecule has 4 rings (SSSR count). The van der Waals surface area contributed by atoms with E-state index < -0.39 is 5.97 Å². The molecule has 0 unspecified atom stereocenters. The Morgan fingerprint density at radius 2 is 2.00 bits per heavy atom. The zero-order chi connectivity index (χ0) is 17.1. The van der Waals surface area contributed by atoms with Crippen LogP contribution in [0.2, 0.25) is 0 Å². The molecule has 0 radical (unpaired) electrons. The Morgan fingerprint density at radius 1 is 1.12 bits per heavy atom. The van der Waals surface area contributed by atoms with Crippen molar-refractivity contribution in [2.45, 2.75) is 6.61 Å². The molecule has 0 aliphatic heterocycles. The summed E-state index contributed by atoms with van der Waals surface area (Å²) in [5.74, 6) is 0.00510. The number of hydrogen-bond donors (Lipinski definition) is 0. The summed E-state index contributed by atoms with van der Waals surface area (Å²) in [6, 6.07) is 8.83. The van der Waals surface area contributed by atoms with Crippen molar-refractivity contribution in [3.63, 3.8) is 0 Å². The molecular weight excluding hydrogens is 358 g/mol. The molecule has 0 N–H and O–H groups in total. The predicted molar refractivity (Wildman–Crippen MR) is 94.3 cm³/mol. The predicted octanol–water partition coefficient (Wildman–Crippen LogP) is 4.28. The van der Waals surface area contributed by atoms with Crippen LogP contribution < -0.4 is 0 Å². The summed E-state index contributed by atoms with van der Waals surface area (Å²) in [4.78, 5) is 16.6. The Morgan fingerprint density at radius 3 is 2.72 bits per heavy atom. The Bertz CT molecular complexity index is 961. The van der Waals surface area contributed by atoms with Gasteiger partial charge in [-0.05, 0) is 35.7 Å². The normalized spacial score (nSPS) is 10.7. The maximum atomic E-state index is 12.2. The minimum Gasteiger partial charge on any atom is -0.456 e. The number of benzene rings is 1. The first-order valence-corrected chi connectivity index (χ1v) is 9.12. The summed E-state index contributed by atoms with van der Waals surface area (Å²) < 4.78 is 10.4. The van der Waals surface area contributed by atoms with Crippen molar-refractivity contribution in [1.29, 1.82) is 0 Å². The summed E-state index contributed by atoms with van der Waals surface area (Å²) in [7, 11) is 0. The van der Waals surface area contributed by atoms with Crippen molar-refractivity contribution in [3.8, 4) is 22.0 Å². The van der Waals surface area contributed by atoms with E-state index in [2.05, 4.69) is 15.2 Å². The van der Waals surface area contributed by atoms with Gasteiger partial charge in [-0.2, -0.15) is 11.3 Å². The van der Waals surface area contributed by atoms with Crippen molar-refractivity contribution in [3.05, 3.63) is 64.1 Å². The van der Waals surface area contributed by atoms with Crippen LogP contribution in [0.1, 0.15) is 16.1 Å². The van der Waals surface area contributed by atoms with Crippen LogP contribution in [0.3, 0.4) is 0 Å². The monoisotopic (exact) mass is 369 g/mol. The number of rotatable bonds is 5. The molecule has 4 aromatic rings. The number of thiazole rings is 1. The lowest BCUT2D eigenvalue weighted by atomic mass is 10.1. The van der Waals surface area contributed by atoms with Crippen LogP contribution in [0.25, 0.3) is 22.0 Å². The zero-order valence-electron chi connectivity index (χ0n) is 12.8. The van der Waals surface area contributed by atoms with Gasteiger partial charge < -0.3 is 9.15 Å². The zero-order valence-corrected chi connectivity index (χ0v) is 14.4. The van der Waals surface area contributed by atoms with Gasteiger partial charge in [0.25, 0.3) is 0 Å². The van der Waals surface area contributed by atoms with E-state index in [-0.39, 0.29) is 6.61 Å². The molecule has 8 heteroatoms. The molecular formula is C17H11N3O3S2. The van der Waals surface area contributed by atoms with Crippen LogP contribution in [0.5, 0.6) is 0 Å². The molecule has 0 fully saturated rings. The van der Waals surface area contributed by atoms with Crippen molar-refractivity contribution in [2.75, 3.05) is 0 Å². The standard InChI is InChI=1S/C17H11N3O3S2/c21-17(12-3-1-11(2-4-12)15-20-18-10-23-15)22-7-14-9-25-16(19-14)13-5-6-24-8-13/h1-6,8-10H,7H2. The van der Waals surface area contributed by atoms with E-state index in [1.165, 1.54) is 17.7 Å². The Labute approximate surface area is 150 Å². The molecule has 3 heterocycles. The average molecular weight is 369 g/mol. The van der Waals surface area contributed by atoms with Crippen LogP contribution >= 0.6 is 22.7 Å². The molecule has 1 aromatic carbocycles. The van der Waals surface area contributed by atoms with Gasteiger partial charge in [-0.1, -0.05) is 0 Å². The molecule has 0 atom stereocenters. The van der Waals surface area contributed by atoms with E-state index in [1.54, 1.807) is 35.6 Å². The smallest absolute Gasteiger partial charge is 0.338 e. The number of hydrogen-bond acceptors (Lipinski definition) is 8. The van der Waals surface area contributed by atoms with Gasteiger partial charge in [0.1, 0.15) is 11.6 Å². The fraction of sp³-hybridized carbons (Fsp3) is 0.0588. The first-order valence-electron chi connectivity index (χ1n) is 7.30. The molecule has 25 heavy (non-hydrogen) atoms. The highest BCUT2D eigenvalue weighted by Crippen LogP contribution is 2.26. The topological polar surface area (TPSA) is 78.1 Å². The minimum absolute atomic E-state index is 0.144. The second-order valence-electron chi connectivity index (χ2n) is 5.05. The lowest BCUT2D eigenvalue weighted by Crippen LogP contribution is -2.05. The maximum absolute atomic E-state index is 12.2. The number of nitrogens with zero attached hydrogens (tertiary/aromatic N) is 3. The van der Waals surface area contributed by atoms with Gasteiger partial charge in [0.05, 0.1) is 11.3 Å². The van der Waals surface area contributed by atoms with E-state index in [9.17, 15) is 4.79 Å². The molecule has 0 amide bonds. The molecule has 6 nitrogen and oxygen atoms in total. The lowest BCUT2D eigenvalue weighted by Gasteiger charge is -2.03. The second kappa shape index (κ2) is 6.96. The Hall–Kier alpha value is -2.84. The van der Waals surface area contributed by atoms with Crippen LogP contribution in [0.4, 0.5) is 0 Å². The van der Waals surface area contributed by atoms with E-state index in [4.69, 9.17) is 9.15 Å². The lowest BCUT2D eigenvalue weighted by molar-refractivity contribution is 0.0468. The van der Waals surface area contributed by atoms with Crippen LogP contribution in [0, 0.1) is 0 Å². The van der Waals surface area contributed by atoms with Crippen molar-refractivity contribution in [1.82, 2.24) is 15.2 Å². The number of ether oxygens (including phenoxy) is 1. The summed E-state index contributed by atoms with van der Waals surface area (Å²) in [5.41, 5.74) is 3.02. The average Bonchev–Trinajstić information content (AvgIpc) is 3.42. The molecule has 0 spiro atoms. The summed E-state index contributed by atoms with van der Waals surface area (Å²) in [5, 5.41) is 14.3. The van der Waals surface area contributed by atoms with Crippen molar-refractivity contribution >= 4 is 28.6 Å². The summed E-state index contributed by atoms with van der Waals surface area (Å²) >= 11 is 3.16.